The molecule has 1 saturated carbocycles. The molecule has 0 aliphatic heterocycles. The smallest absolute Gasteiger partial charge is 0.323 e. The van der Waals surface area contributed by atoms with Crippen LogP contribution in [0.5, 0.6) is 0 Å². The number of rotatable bonds is 4. The lowest BCUT2D eigenvalue weighted by Gasteiger charge is -2.37. The average molecular weight is 241 g/mol. The molecule has 0 saturated heterocycles. The molecule has 1 aliphatic carbocycles. The third-order valence-corrected chi connectivity index (χ3v) is 3.97. The van der Waals surface area contributed by atoms with Crippen molar-refractivity contribution in [2.45, 2.75) is 65.5 Å². The van der Waals surface area contributed by atoms with Crippen LogP contribution in [0, 0.1) is 17.8 Å². The molecule has 3 heteroatoms. The van der Waals surface area contributed by atoms with E-state index in [1.54, 1.807) is 0 Å². The molecule has 0 spiro atoms. The summed E-state index contributed by atoms with van der Waals surface area (Å²) in [5.74, 6) is 1.50. The number of hydrogen-bond acceptors (Lipinski definition) is 3. The minimum atomic E-state index is -0.458. The highest BCUT2D eigenvalue weighted by Crippen LogP contribution is 2.35. The van der Waals surface area contributed by atoms with E-state index in [1.165, 1.54) is 6.42 Å². The summed E-state index contributed by atoms with van der Waals surface area (Å²) >= 11 is 0. The van der Waals surface area contributed by atoms with Crippen LogP contribution in [0.1, 0.15) is 53.4 Å². The van der Waals surface area contributed by atoms with Gasteiger partial charge in [0.05, 0.1) is 0 Å². The van der Waals surface area contributed by atoms with E-state index in [4.69, 9.17) is 10.5 Å². The summed E-state index contributed by atoms with van der Waals surface area (Å²) in [6, 6.07) is -0.458. The highest BCUT2D eigenvalue weighted by Gasteiger charge is 2.34. The molecule has 17 heavy (non-hydrogen) atoms. The largest absolute Gasteiger partial charge is 0.461 e. The van der Waals surface area contributed by atoms with Gasteiger partial charge >= 0.3 is 5.97 Å². The number of carbonyl (C=O) groups excluding carboxylic acids is 1. The highest BCUT2D eigenvalue weighted by atomic mass is 16.5. The summed E-state index contributed by atoms with van der Waals surface area (Å²) < 4.78 is 5.62. The Morgan fingerprint density at radius 1 is 1.41 bits per heavy atom. The molecule has 2 N–H and O–H groups in total. The SMILES string of the molecule is CC[C@@H](N)C(=O)OC1CC(C)CCC1C(C)C. The van der Waals surface area contributed by atoms with Crippen molar-refractivity contribution in [3.8, 4) is 0 Å². The topological polar surface area (TPSA) is 52.3 Å². The van der Waals surface area contributed by atoms with Gasteiger partial charge in [0.2, 0.25) is 0 Å². The molecule has 4 atom stereocenters. The molecule has 0 bridgehead atoms. The van der Waals surface area contributed by atoms with Crippen LogP contribution in [-0.2, 0) is 9.53 Å². The fraction of sp³-hybridized carbons (Fsp3) is 0.929. The summed E-state index contributed by atoms with van der Waals surface area (Å²) in [5, 5.41) is 0. The Hall–Kier alpha value is -0.570. The monoisotopic (exact) mass is 241 g/mol. The first-order valence-corrected chi connectivity index (χ1v) is 6.91. The first-order chi connectivity index (χ1) is 7.95. The molecule has 1 aliphatic rings. The molecule has 3 nitrogen and oxygen atoms in total. The summed E-state index contributed by atoms with van der Waals surface area (Å²) in [6.07, 6.45) is 4.12. The van der Waals surface area contributed by atoms with Crippen molar-refractivity contribution in [2.24, 2.45) is 23.5 Å². The third-order valence-electron chi connectivity index (χ3n) is 3.97. The second-order valence-corrected chi connectivity index (χ2v) is 5.82. The zero-order valence-electron chi connectivity index (χ0n) is 11.6. The lowest BCUT2D eigenvalue weighted by molar-refractivity contribution is -0.157. The molecule has 1 rings (SSSR count). The van der Waals surface area contributed by atoms with Gasteiger partial charge in [-0.05, 0) is 37.0 Å². The molecular weight excluding hydrogens is 214 g/mol. The zero-order chi connectivity index (χ0) is 13.0. The van der Waals surface area contributed by atoms with E-state index in [0.717, 1.165) is 12.8 Å². The summed E-state index contributed by atoms with van der Waals surface area (Å²) in [6.45, 7) is 8.56. The van der Waals surface area contributed by atoms with E-state index in [0.29, 0.717) is 24.2 Å². The summed E-state index contributed by atoms with van der Waals surface area (Å²) in [7, 11) is 0. The molecule has 1 fully saturated rings. The van der Waals surface area contributed by atoms with Gasteiger partial charge in [0.1, 0.15) is 12.1 Å². The molecule has 0 aromatic rings. The Balaban J connectivity index is 2.60. The van der Waals surface area contributed by atoms with E-state index in [2.05, 4.69) is 20.8 Å². The van der Waals surface area contributed by atoms with Crippen molar-refractivity contribution >= 4 is 5.97 Å². The number of esters is 1. The number of hydrogen-bond donors (Lipinski definition) is 1. The molecular formula is C14H27NO2. The minimum Gasteiger partial charge on any atom is -0.461 e. The van der Waals surface area contributed by atoms with Crippen LogP contribution >= 0.6 is 0 Å². The second kappa shape index (κ2) is 6.39. The van der Waals surface area contributed by atoms with E-state index >= 15 is 0 Å². The Morgan fingerprint density at radius 2 is 2.06 bits per heavy atom. The number of carbonyl (C=O) groups is 1. The maximum Gasteiger partial charge on any atom is 0.323 e. The third kappa shape index (κ3) is 3.98. The Kier molecular flexibility index (Phi) is 5.44. The molecule has 100 valence electrons. The predicted octanol–water partition coefficient (Wildman–Crippen LogP) is 2.73. The van der Waals surface area contributed by atoms with E-state index in [9.17, 15) is 4.79 Å². The molecule has 0 aromatic heterocycles. The van der Waals surface area contributed by atoms with Crippen molar-refractivity contribution in [1.29, 1.82) is 0 Å². The summed E-state index contributed by atoms with van der Waals surface area (Å²) in [5.41, 5.74) is 5.72. The van der Waals surface area contributed by atoms with Crippen LogP contribution < -0.4 is 5.73 Å². The predicted molar refractivity (Wildman–Crippen MR) is 69.5 cm³/mol. The molecule has 0 amide bonds. The summed E-state index contributed by atoms with van der Waals surface area (Å²) in [4.78, 5) is 11.8. The Bertz CT molecular complexity index is 253. The van der Waals surface area contributed by atoms with Crippen molar-refractivity contribution < 1.29 is 9.53 Å². The van der Waals surface area contributed by atoms with Gasteiger partial charge in [-0.2, -0.15) is 0 Å². The Morgan fingerprint density at radius 3 is 2.59 bits per heavy atom. The van der Waals surface area contributed by atoms with Gasteiger partial charge in [-0.3, -0.25) is 4.79 Å². The van der Waals surface area contributed by atoms with E-state index in [-0.39, 0.29) is 12.1 Å². The van der Waals surface area contributed by atoms with Crippen LogP contribution in [0.15, 0.2) is 0 Å². The fourth-order valence-corrected chi connectivity index (χ4v) is 2.65. The first-order valence-electron chi connectivity index (χ1n) is 6.91. The normalized spacial score (nSPS) is 31.3. The van der Waals surface area contributed by atoms with Crippen molar-refractivity contribution in [1.82, 2.24) is 0 Å². The molecule has 0 aromatic carbocycles. The van der Waals surface area contributed by atoms with Crippen LogP contribution in [0.25, 0.3) is 0 Å². The van der Waals surface area contributed by atoms with E-state index < -0.39 is 6.04 Å². The van der Waals surface area contributed by atoms with Crippen molar-refractivity contribution in [2.75, 3.05) is 0 Å². The lowest BCUT2D eigenvalue weighted by Crippen LogP contribution is -2.40. The van der Waals surface area contributed by atoms with Crippen LogP contribution in [0.2, 0.25) is 0 Å². The van der Waals surface area contributed by atoms with Gasteiger partial charge in [0.15, 0.2) is 0 Å². The van der Waals surface area contributed by atoms with Gasteiger partial charge in [0, 0.05) is 0 Å². The molecule has 3 unspecified atom stereocenters. The van der Waals surface area contributed by atoms with Crippen molar-refractivity contribution in [3.05, 3.63) is 0 Å². The number of nitrogens with two attached hydrogens (primary N) is 1. The molecule has 0 heterocycles. The quantitative estimate of drug-likeness (QED) is 0.770. The first kappa shape index (κ1) is 14.5. The average Bonchev–Trinajstić information content (AvgIpc) is 2.27. The zero-order valence-corrected chi connectivity index (χ0v) is 11.6. The fourth-order valence-electron chi connectivity index (χ4n) is 2.65. The van der Waals surface area contributed by atoms with Crippen LogP contribution in [0.4, 0.5) is 0 Å². The van der Waals surface area contributed by atoms with Gasteiger partial charge in [0.25, 0.3) is 0 Å². The van der Waals surface area contributed by atoms with Crippen LogP contribution in [-0.4, -0.2) is 18.1 Å². The van der Waals surface area contributed by atoms with Crippen molar-refractivity contribution in [3.63, 3.8) is 0 Å². The second-order valence-electron chi connectivity index (χ2n) is 5.82. The molecule has 0 radical (unpaired) electrons. The van der Waals surface area contributed by atoms with Gasteiger partial charge in [-0.1, -0.05) is 34.1 Å². The van der Waals surface area contributed by atoms with Gasteiger partial charge in [-0.15, -0.1) is 0 Å². The van der Waals surface area contributed by atoms with Gasteiger partial charge in [-0.25, -0.2) is 0 Å². The maximum atomic E-state index is 11.8. The maximum absolute atomic E-state index is 11.8. The highest BCUT2D eigenvalue weighted by molar-refractivity contribution is 5.75. The van der Waals surface area contributed by atoms with E-state index in [1.807, 2.05) is 6.92 Å². The Labute approximate surface area is 105 Å². The number of ether oxygens (including phenoxy) is 1. The standard InChI is InChI=1S/C14H27NO2/c1-5-12(15)14(16)17-13-8-10(4)6-7-11(13)9(2)3/h9-13H,5-8,15H2,1-4H3/t10?,11?,12-,13?/m1/s1. The van der Waals surface area contributed by atoms with Gasteiger partial charge < -0.3 is 10.5 Å². The lowest BCUT2D eigenvalue weighted by atomic mass is 9.75. The minimum absolute atomic E-state index is 0.0730. The van der Waals surface area contributed by atoms with Crippen LogP contribution in [0.3, 0.4) is 0 Å².